The molecule has 768 valence electrons. The fourth-order valence-corrected chi connectivity index (χ4v) is 42.7. The van der Waals surface area contributed by atoms with E-state index in [0.29, 0.717) is 74.5 Å². The molecule has 142 heavy (non-hydrogen) atoms. The minimum atomic E-state index is -0.116. The molecule has 9 saturated heterocycles. The zero-order valence-electron chi connectivity index (χ0n) is 89.6. The largest absolute Gasteiger partial charge is 0.341 e. The fourth-order valence-electron chi connectivity index (χ4n) is 42.7. The Labute approximate surface area is 857 Å². The summed E-state index contributed by atoms with van der Waals surface area (Å²) in [5.41, 5.74) is 10.3. The van der Waals surface area contributed by atoms with Crippen LogP contribution in [0.15, 0.2) is 152 Å². The highest BCUT2D eigenvalue weighted by atomic mass is 16.2. The van der Waals surface area contributed by atoms with Gasteiger partial charge in [0.15, 0.2) is 5.78 Å². The van der Waals surface area contributed by atoms with E-state index < -0.39 is 0 Å². The number of nitrogens with zero attached hydrogens (tertiary/aromatic N) is 8. The number of piperazine rings is 1. The second-order valence-electron chi connectivity index (χ2n) is 57.5. The molecule has 0 radical (unpaired) electrons. The molecule has 20 unspecified atom stereocenters. The predicted molar refractivity (Wildman–Crippen MR) is 573 cm³/mol. The molecule has 20 saturated carbocycles. The molecular weight excluding hydrogens is 1740 g/mol. The van der Waals surface area contributed by atoms with E-state index >= 15 is 0 Å². The van der Waals surface area contributed by atoms with Crippen LogP contribution in [0, 0.1) is 107 Å². The van der Waals surface area contributed by atoms with Gasteiger partial charge in [-0.05, 0) is 472 Å². The van der Waals surface area contributed by atoms with Gasteiger partial charge < -0.3 is 34.3 Å². The van der Waals surface area contributed by atoms with Gasteiger partial charge in [0.2, 0.25) is 5.91 Å². The minimum Gasteiger partial charge on any atom is -0.341 e. The normalized spacial score (nSPS) is 43.2. The molecule has 5 aromatic carbocycles. The third kappa shape index (κ3) is 19.2. The Morgan fingerprint density at radius 3 is 0.951 bits per heavy atom. The smallest absolute Gasteiger partial charge is 0.228 e. The lowest BCUT2D eigenvalue weighted by Gasteiger charge is -2.66. The first-order valence-electron chi connectivity index (χ1n) is 58.8. The quantitative estimate of drug-likeness (QED) is 0.0586. The minimum absolute atomic E-state index is 0.0178. The van der Waals surface area contributed by atoms with Gasteiger partial charge in [0.05, 0.1) is 12.0 Å². The summed E-state index contributed by atoms with van der Waals surface area (Å²) in [5, 5.41) is 0. The second-order valence-corrected chi connectivity index (χ2v) is 57.5. The van der Waals surface area contributed by atoms with E-state index in [0.717, 1.165) is 203 Å². The van der Waals surface area contributed by atoms with Crippen molar-refractivity contribution >= 4 is 29.0 Å². The van der Waals surface area contributed by atoms with Gasteiger partial charge in [0.25, 0.3) is 0 Å². The van der Waals surface area contributed by atoms with Gasteiger partial charge in [0, 0.05) is 99.8 Å². The van der Waals surface area contributed by atoms with Gasteiger partial charge in [-0.25, -0.2) is 0 Å². The number of ketones is 4. The van der Waals surface area contributed by atoms with E-state index in [1.807, 2.05) is 0 Å². The van der Waals surface area contributed by atoms with Crippen LogP contribution in [0.4, 0.5) is 0 Å². The summed E-state index contributed by atoms with van der Waals surface area (Å²) in [7, 11) is 6.38. The van der Waals surface area contributed by atoms with Gasteiger partial charge in [-0.2, -0.15) is 0 Å². The highest BCUT2D eigenvalue weighted by Crippen LogP contribution is 2.77. The zero-order chi connectivity index (χ0) is 97.6. The number of benzene rings is 5. The number of hydrogen-bond acceptors (Lipinski definition) is 12. The molecular formula is C129H182N8O5. The summed E-state index contributed by atoms with van der Waals surface area (Å²) in [5.74, 6) is 9.61. The lowest BCUT2D eigenvalue weighted by molar-refractivity contribution is -0.170. The topological polar surface area (TPSA) is 111 Å². The summed E-state index contributed by atoms with van der Waals surface area (Å²) < 4.78 is 0. The maximum Gasteiger partial charge on any atom is 0.228 e. The molecule has 0 spiro atoms. The molecule has 29 fully saturated rings. The number of likely N-dealkylation sites (tertiary alicyclic amines) is 1. The summed E-state index contributed by atoms with van der Waals surface area (Å²) in [6.07, 6.45) is 50.9. The summed E-state index contributed by atoms with van der Waals surface area (Å²) in [6, 6.07) is 56.0. The van der Waals surface area contributed by atoms with Crippen LogP contribution in [0.2, 0.25) is 0 Å². The van der Waals surface area contributed by atoms with Crippen LogP contribution in [-0.4, -0.2) is 220 Å². The average molecular weight is 1920 g/mol. The maximum atomic E-state index is 14.3. The van der Waals surface area contributed by atoms with E-state index in [-0.39, 0.29) is 54.1 Å². The molecule has 22 atom stereocenters. The van der Waals surface area contributed by atoms with Crippen molar-refractivity contribution in [1.82, 2.24) is 39.2 Å². The van der Waals surface area contributed by atoms with Crippen molar-refractivity contribution < 1.29 is 24.0 Å². The first kappa shape index (κ1) is 99.3. The molecule has 0 N–H and O–H groups in total. The number of carbonyl (C=O) groups excluding carboxylic acids is 5. The van der Waals surface area contributed by atoms with Crippen molar-refractivity contribution in [2.45, 2.75) is 331 Å². The van der Waals surface area contributed by atoms with E-state index in [2.05, 4.69) is 247 Å². The van der Waals surface area contributed by atoms with Crippen LogP contribution >= 0.6 is 0 Å². The Kier molecular flexibility index (Phi) is 26.7. The van der Waals surface area contributed by atoms with Crippen LogP contribution in [0.1, 0.15) is 332 Å². The third-order valence-corrected chi connectivity index (χ3v) is 45.0. The number of rotatable bonds is 24. The second kappa shape index (κ2) is 38.2. The first-order valence-corrected chi connectivity index (χ1v) is 58.8. The van der Waals surface area contributed by atoms with Crippen molar-refractivity contribution in [3.63, 3.8) is 0 Å². The van der Waals surface area contributed by atoms with Crippen molar-refractivity contribution in [1.29, 1.82) is 0 Å². The number of likely N-dealkylation sites (N-methyl/N-ethyl adjacent to an activating group) is 1. The van der Waals surface area contributed by atoms with Crippen molar-refractivity contribution in [3.05, 3.63) is 179 Å². The van der Waals surface area contributed by atoms with Crippen LogP contribution in [-0.2, 0) is 51.0 Å². The number of carbonyl (C=O) groups is 5. The molecule has 34 rings (SSSR count). The van der Waals surface area contributed by atoms with Crippen LogP contribution in [0.25, 0.3) is 0 Å². The monoisotopic (exact) mass is 1920 g/mol. The predicted octanol–water partition coefficient (Wildman–Crippen LogP) is 23.9. The molecule has 29 aliphatic rings. The van der Waals surface area contributed by atoms with Gasteiger partial charge >= 0.3 is 0 Å². The van der Waals surface area contributed by atoms with Crippen LogP contribution in [0.3, 0.4) is 0 Å². The number of hydrogen-bond donors (Lipinski definition) is 0. The van der Waals surface area contributed by atoms with Gasteiger partial charge in [-0.15, -0.1) is 0 Å². The highest BCUT2D eigenvalue weighted by Gasteiger charge is 2.71. The van der Waals surface area contributed by atoms with E-state index in [1.165, 1.54) is 260 Å². The summed E-state index contributed by atoms with van der Waals surface area (Å²) in [4.78, 5) is 89.1. The average Bonchev–Trinajstić information content (AvgIpc) is 0.732. The Hall–Kier alpha value is -6.03. The number of piperidine rings is 6. The molecule has 1 amide bonds. The third-order valence-electron chi connectivity index (χ3n) is 45.0. The Bertz CT molecular complexity index is 5200. The molecule has 20 aliphatic carbocycles. The Morgan fingerprint density at radius 2 is 0.613 bits per heavy atom. The Balaban J connectivity index is 0.0000000990. The number of fused-ring (bicyclic) bond motifs is 6. The molecule has 5 aromatic rings. The first-order chi connectivity index (χ1) is 68.2. The number of Topliss-reactive ketones (excluding diaryl/α,β-unsaturated/α-hetero) is 4. The highest BCUT2D eigenvalue weighted by molar-refractivity contribution is 5.89. The fraction of sp³-hybridized carbons (Fsp3) is 0.729. The molecule has 13 heteroatoms. The lowest BCUT2D eigenvalue weighted by Crippen LogP contribution is -2.62. The molecule has 13 nitrogen and oxygen atoms in total. The summed E-state index contributed by atoms with van der Waals surface area (Å²) in [6.45, 7) is 35.1. The zero-order valence-corrected chi connectivity index (χ0v) is 89.6. The lowest BCUT2D eigenvalue weighted by atomic mass is 9.38. The maximum absolute atomic E-state index is 14.3. The van der Waals surface area contributed by atoms with Crippen molar-refractivity contribution in [2.24, 2.45) is 107 Å². The SMILES string of the molecule is CC12CC3CC(C(=O)C[C@@H]4CN5CCC4CC5)(C1)CC(c1ccccc1)(C3)C2.CC12CC3CC(C(=O)C[C@H]4CN5CCC4CC5)(C1)CC(c1ccccc1)(C3)C2.CC12CC3CC(C(=O)N4CCCN(CCCN5CCCC5)CC4)(C1)CC(c1ccccc1)(C3)C2.CN(C)CCCC(=O)C12CC3CC(C)(C1)CC(c1ccccc1)(C3)C2.CN1CCN(CC(=O)C23CC4CC(C)(C2)CC(c2ccccc2)(C4)C3)CC1. The summed E-state index contributed by atoms with van der Waals surface area (Å²) >= 11 is 0. The molecule has 9 aliphatic heterocycles. The standard InChI is InChI=1S/C30H45N3O.2C26H35NO.C24H34N2O.C23H33NO/c1-28-19-25-20-29(22-28,26-9-3-2-4-10-26)24-30(21-25,23-28)27(34)33-16-8-15-32(17-18-33)14-7-13-31-11-5-6-12-31;2*1-24-12-19-13-25(16-24,22-5-3-2-4-6-22)18-26(14-19,17-24)23(28)11-21-15-27-9-7-20(21)8-10-27;1-22-12-19-13-23(16-22,20-6-4-3-5-7-20)18-24(14-19,17-22)21(27)15-26-10-8-25(2)9-11-26;1-21-12-18-13-22(15-21,19-8-5-4-6-9-19)17-23(14-18,16-21)20(25)10-7-11-24(2)3/h2-4,9-10,25H,5-8,11-24H2,1H3;2*2-6,19-21H,7-18H2,1H3;3-7,19H,8-18H2,1-2H3;4-6,8-9,18H,7,10-17H2,1-3H3/t;2*19?,21-,24?,25?,26?;;/m.10../s1. The van der Waals surface area contributed by atoms with E-state index in [4.69, 9.17) is 0 Å². The van der Waals surface area contributed by atoms with E-state index in [9.17, 15) is 24.0 Å². The van der Waals surface area contributed by atoms with Crippen molar-refractivity contribution in [2.75, 3.05) is 152 Å². The van der Waals surface area contributed by atoms with Gasteiger partial charge in [-0.3, -0.25) is 28.9 Å². The molecule has 9 heterocycles. The van der Waals surface area contributed by atoms with Crippen LogP contribution in [0.5, 0.6) is 0 Å². The molecule has 0 aromatic heterocycles. The van der Waals surface area contributed by atoms with Gasteiger partial charge in [-0.1, -0.05) is 186 Å². The number of amides is 1. The van der Waals surface area contributed by atoms with E-state index in [1.54, 1.807) is 0 Å². The Morgan fingerprint density at radius 1 is 0.303 bits per heavy atom. The van der Waals surface area contributed by atoms with Crippen LogP contribution < -0.4 is 0 Å². The van der Waals surface area contributed by atoms with Crippen molar-refractivity contribution in [3.8, 4) is 0 Å². The molecule has 24 bridgehead atoms. The van der Waals surface area contributed by atoms with Gasteiger partial charge in [0.1, 0.15) is 17.3 Å².